The molecule has 2 amide bonds. The van der Waals surface area contributed by atoms with Crippen LogP contribution in [0, 0.1) is 10.1 Å². The summed E-state index contributed by atoms with van der Waals surface area (Å²) in [5.74, 6) is -3.33. The van der Waals surface area contributed by atoms with Gasteiger partial charge in [0.05, 0.1) is 18.1 Å². The highest BCUT2D eigenvalue weighted by Crippen LogP contribution is 2.40. The van der Waals surface area contributed by atoms with E-state index in [-0.39, 0.29) is 31.6 Å². The van der Waals surface area contributed by atoms with Crippen LogP contribution >= 0.6 is 0 Å². The van der Waals surface area contributed by atoms with Crippen LogP contribution in [0.4, 0.5) is 5.69 Å². The number of hydrogen-bond donors (Lipinski definition) is 3. The SMILES string of the molecule is [2H]CC1(C)OC[C@H]2OC(OC[C@H]3O[C@H](Oc4ccccc4[N+](=O)[O-])[C@H](NC(C)=O)[C@H]4OC(C)(C)O[C@H]43)[C@H](NC(C)=O)[C@@H](O)[C@@H]2O1. The van der Waals surface area contributed by atoms with Crippen molar-refractivity contribution in [2.75, 3.05) is 13.2 Å². The summed E-state index contributed by atoms with van der Waals surface area (Å²) in [6.07, 6.45) is -8.01. The predicted octanol–water partition coefficient (Wildman–Crippen LogP) is 0.482. The number of hydrogen-bond acceptors (Lipinski definition) is 13. The smallest absolute Gasteiger partial charge is 0.311 e. The van der Waals surface area contributed by atoms with Crippen LogP contribution in [0.2, 0.25) is 0 Å². The number of nitrogens with zero attached hydrogens (tertiary/aromatic N) is 1. The first-order valence-electron chi connectivity index (χ1n) is 14.9. The molecule has 16 nitrogen and oxygen atoms in total. The molecule has 2 unspecified atom stereocenters. The molecule has 0 aliphatic carbocycles. The van der Waals surface area contributed by atoms with Crippen molar-refractivity contribution in [1.82, 2.24) is 10.6 Å². The molecule has 5 rings (SSSR count). The van der Waals surface area contributed by atoms with Crippen molar-refractivity contribution in [2.24, 2.45) is 0 Å². The molecule has 244 valence electrons. The molecule has 0 bridgehead atoms. The molecule has 1 aromatic rings. The van der Waals surface area contributed by atoms with Crippen molar-refractivity contribution in [3.05, 3.63) is 34.4 Å². The molecular formula is C28H39N3O13. The van der Waals surface area contributed by atoms with E-state index in [1.165, 1.54) is 32.0 Å². The summed E-state index contributed by atoms with van der Waals surface area (Å²) < 4.78 is 56.1. The summed E-state index contributed by atoms with van der Waals surface area (Å²) in [4.78, 5) is 35.4. The summed E-state index contributed by atoms with van der Waals surface area (Å²) in [7, 11) is 0. The maximum atomic E-state index is 12.2. The van der Waals surface area contributed by atoms with E-state index in [0.29, 0.717) is 0 Å². The Labute approximate surface area is 255 Å². The van der Waals surface area contributed by atoms with Crippen LogP contribution in [-0.4, -0.2) is 108 Å². The number of nitro groups is 1. The quantitative estimate of drug-likeness (QED) is 0.267. The molecule has 0 saturated carbocycles. The Kier molecular flexibility index (Phi) is 8.78. The third-order valence-corrected chi connectivity index (χ3v) is 7.57. The Bertz CT molecular complexity index is 1270. The van der Waals surface area contributed by atoms with Crippen LogP contribution in [0.25, 0.3) is 0 Å². The number of rotatable bonds is 8. The highest BCUT2D eigenvalue weighted by atomic mass is 16.8. The highest BCUT2D eigenvalue weighted by Gasteiger charge is 2.57. The first-order valence-corrected chi connectivity index (χ1v) is 14.2. The van der Waals surface area contributed by atoms with Gasteiger partial charge in [-0.15, -0.1) is 0 Å². The third-order valence-electron chi connectivity index (χ3n) is 7.57. The van der Waals surface area contributed by atoms with E-state index in [9.17, 15) is 24.8 Å². The summed E-state index contributed by atoms with van der Waals surface area (Å²) in [6.45, 7) is 7.09. The number of nitrogens with one attached hydrogen (secondary N) is 2. The van der Waals surface area contributed by atoms with Gasteiger partial charge in [-0.2, -0.15) is 0 Å². The molecule has 4 saturated heterocycles. The van der Waals surface area contributed by atoms with Gasteiger partial charge in [-0.3, -0.25) is 19.7 Å². The second kappa shape index (κ2) is 12.4. The van der Waals surface area contributed by atoms with Gasteiger partial charge in [0.15, 0.2) is 23.6 Å². The van der Waals surface area contributed by atoms with E-state index in [1.807, 2.05) is 0 Å². The molecule has 4 aliphatic heterocycles. The number of carbonyl (C=O) groups excluding carboxylic acids is 2. The van der Waals surface area contributed by atoms with Gasteiger partial charge in [-0.1, -0.05) is 12.1 Å². The van der Waals surface area contributed by atoms with E-state index in [4.69, 9.17) is 39.3 Å². The largest absolute Gasteiger partial charge is 0.455 e. The number of ether oxygens (including phenoxy) is 8. The fraction of sp³-hybridized carbons (Fsp3) is 0.714. The van der Waals surface area contributed by atoms with Gasteiger partial charge < -0.3 is 53.6 Å². The van der Waals surface area contributed by atoms with E-state index in [1.54, 1.807) is 26.8 Å². The Morgan fingerprint density at radius 1 is 1.02 bits per heavy atom. The molecule has 11 atom stereocenters. The van der Waals surface area contributed by atoms with Crippen molar-refractivity contribution in [1.29, 1.82) is 0 Å². The summed E-state index contributed by atoms with van der Waals surface area (Å²) >= 11 is 0. The zero-order valence-electron chi connectivity index (χ0n) is 26.0. The lowest BCUT2D eigenvalue weighted by Crippen LogP contribution is -2.69. The van der Waals surface area contributed by atoms with E-state index in [0.717, 1.165) is 0 Å². The minimum absolute atomic E-state index is 0.00366. The van der Waals surface area contributed by atoms with Crippen LogP contribution in [0.15, 0.2) is 24.3 Å². The van der Waals surface area contributed by atoms with Crippen LogP contribution in [0.3, 0.4) is 0 Å². The molecule has 0 spiro atoms. The van der Waals surface area contributed by atoms with Crippen molar-refractivity contribution >= 4 is 17.5 Å². The van der Waals surface area contributed by atoms with Gasteiger partial charge in [0.25, 0.3) is 0 Å². The monoisotopic (exact) mass is 626 g/mol. The lowest BCUT2D eigenvalue weighted by atomic mass is 9.95. The number of amides is 2. The average molecular weight is 627 g/mol. The molecular weight excluding hydrogens is 586 g/mol. The Morgan fingerprint density at radius 2 is 1.68 bits per heavy atom. The first-order chi connectivity index (χ1) is 21.2. The van der Waals surface area contributed by atoms with Crippen molar-refractivity contribution in [3.8, 4) is 5.75 Å². The second-order valence-corrected chi connectivity index (χ2v) is 11.8. The van der Waals surface area contributed by atoms with Gasteiger partial charge >= 0.3 is 5.69 Å². The lowest BCUT2D eigenvalue weighted by molar-refractivity contribution is -0.386. The number of para-hydroxylation sites is 2. The standard InChI is InChI=1S/C28H39N3O13/c1-13(32)29-19-21(34)22-18(12-38-27(3,4)42-22)40-25(19)37-11-17-23-24(44-28(5,6)43-23)20(30-14(2)33)26(41-17)39-16-10-8-7-9-15(16)31(35)36/h7-10,17-26,34H,11-12H2,1-6H3,(H,29,32)(H,30,33)/t17-,18-,19-,20-,21-,22-,23+,24-,25?,26+/m1/s1/i3D/t17-,18-,19-,20-,21-,22-,23+,24-,25?,26+,27?. The third kappa shape index (κ3) is 6.97. The van der Waals surface area contributed by atoms with Crippen molar-refractivity contribution in [3.63, 3.8) is 0 Å². The number of fused-ring (bicyclic) bond motifs is 2. The van der Waals surface area contributed by atoms with Crippen LogP contribution < -0.4 is 15.4 Å². The van der Waals surface area contributed by atoms with E-state index < -0.39 is 89.6 Å². The van der Waals surface area contributed by atoms with Gasteiger partial charge in [0, 0.05) is 21.3 Å². The first kappa shape index (κ1) is 31.0. The maximum Gasteiger partial charge on any atom is 0.311 e. The molecule has 4 aliphatic rings. The van der Waals surface area contributed by atoms with Crippen LogP contribution in [-0.2, 0) is 42.7 Å². The number of benzene rings is 1. The Balaban J connectivity index is 1.39. The second-order valence-electron chi connectivity index (χ2n) is 11.8. The highest BCUT2D eigenvalue weighted by molar-refractivity contribution is 5.73. The molecule has 0 aromatic heterocycles. The minimum atomic E-state index is -1.28. The van der Waals surface area contributed by atoms with E-state index >= 15 is 0 Å². The zero-order valence-corrected chi connectivity index (χ0v) is 25.0. The predicted molar refractivity (Wildman–Crippen MR) is 147 cm³/mol. The normalized spacial score (nSPS) is 39.7. The van der Waals surface area contributed by atoms with Gasteiger partial charge in [-0.05, 0) is 33.7 Å². The van der Waals surface area contributed by atoms with Crippen molar-refractivity contribution in [2.45, 2.75) is 114 Å². The summed E-state index contributed by atoms with van der Waals surface area (Å²) in [5, 5.41) is 28.3. The van der Waals surface area contributed by atoms with Crippen LogP contribution in [0.1, 0.15) is 42.9 Å². The molecule has 0 radical (unpaired) electrons. The molecule has 1 aromatic carbocycles. The summed E-state index contributed by atoms with van der Waals surface area (Å²) in [6, 6.07) is 3.73. The van der Waals surface area contributed by atoms with Crippen LogP contribution in [0.5, 0.6) is 5.75 Å². The van der Waals surface area contributed by atoms with Gasteiger partial charge in [0.2, 0.25) is 18.1 Å². The fourth-order valence-electron chi connectivity index (χ4n) is 5.82. The Morgan fingerprint density at radius 3 is 2.36 bits per heavy atom. The molecule has 4 heterocycles. The molecule has 16 heteroatoms. The van der Waals surface area contributed by atoms with Crippen molar-refractivity contribution < 1.29 is 58.9 Å². The van der Waals surface area contributed by atoms with E-state index in [2.05, 4.69) is 10.6 Å². The molecule has 44 heavy (non-hydrogen) atoms. The Hall–Kier alpha value is -2.96. The molecule has 3 N–H and O–H groups in total. The minimum Gasteiger partial charge on any atom is -0.455 e. The van der Waals surface area contributed by atoms with Gasteiger partial charge in [0.1, 0.15) is 48.7 Å². The molecule has 4 fully saturated rings. The number of aliphatic hydroxyl groups is 1. The fourth-order valence-corrected chi connectivity index (χ4v) is 5.82. The lowest BCUT2D eigenvalue weighted by Gasteiger charge is -2.50. The summed E-state index contributed by atoms with van der Waals surface area (Å²) in [5.41, 5.74) is -0.308. The van der Waals surface area contributed by atoms with Gasteiger partial charge in [-0.25, -0.2) is 0 Å². The number of carbonyl (C=O) groups is 2. The zero-order chi connectivity index (χ0) is 32.7. The average Bonchev–Trinajstić information content (AvgIpc) is 3.30. The number of nitro benzene ring substituents is 1. The topological polar surface area (TPSA) is 195 Å². The maximum absolute atomic E-state index is 12.2. The number of aliphatic hydroxyl groups excluding tert-OH is 1.